The summed E-state index contributed by atoms with van der Waals surface area (Å²) in [5.41, 5.74) is 11.3. The Labute approximate surface area is 268 Å². The maximum atomic E-state index is 13.8. The first-order chi connectivity index (χ1) is 22.2. The summed E-state index contributed by atoms with van der Waals surface area (Å²) in [5, 5.41) is 4.17. The normalized spacial score (nSPS) is 24.0. The third kappa shape index (κ3) is 4.53. The highest BCUT2D eigenvalue weighted by Gasteiger charge is 2.47. The Bertz CT molecular complexity index is 1860. The Morgan fingerprint density at radius 2 is 1.91 bits per heavy atom. The third-order valence-corrected chi connectivity index (χ3v) is 11.1. The monoisotopic (exact) mass is 625 g/mol. The molecule has 0 unspecified atom stereocenters. The number of nitrogens with zero attached hydrogens (tertiary/aromatic N) is 5. The zero-order valence-electron chi connectivity index (χ0n) is 27.1. The number of fused-ring (bicyclic) bond motifs is 4. The van der Waals surface area contributed by atoms with E-state index in [1.165, 1.54) is 12.8 Å². The average molecular weight is 626 g/mol. The minimum absolute atomic E-state index is 0.00188. The van der Waals surface area contributed by atoms with Crippen LogP contribution in [0.1, 0.15) is 86.1 Å². The molecule has 2 amide bonds. The fourth-order valence-corrected chi connectivity index (χ4v) is 8.04. The van der Waals surface area contributed by atoms with Crippen LogP contribution in [-0.2, 0) is 16.1 Å². The van der Waals surface area contributed by atoms with Crippen LogP contribution in [0.25, 0.3) is 28.1 Å². The largest absolute Gasteiger partial charge is 0.482 e. The zero-order valence-corrected chi connectivity index (χ0v) is 27.1. The van der Waals surface area contributed by atoms with Crippen LogP contribution in [0.3, 0.4) is 0 Å². The number of aromatic nitrogens is 4. The molecular formula is C35H43N7O4. The van der Waals surface area contributed by atoms with Gasteiger partial charge in [0.05, 0.1) is 30.2 Å². The van der Waals surface area contributed by atoms with E-state index in [4.69, 9.17) is 25.2 Å². The number of carbonyl (C=O) groups is 2. The molecule has 0 radical (unpaired) electrons. The van der Waals surface area contributed by atoms with Gasteiger partial charge in [0.2, 0.25) is 0 Å². The van der Waals surface area contributed by atoms with E-state index in [0.29, 0.717) is 23.0 Å². The molecule has 2 aliphatic heterocycles. The molecule has 2 bridgehead atoms. The van der Waals surface area contributed by atoms with Crippen LogP contribution in [0.2, 0.25) is 0 Å². The molecule has 2 saturated heterocycles. The molecular weight excluding hydrogens is 582 g/mol. The summed E-state index contributed by atoms with van der Waals surface area (Å²) in [6.45, 7) is 4.86. The molecule has 4 atom stereocenters. The van der Waals surface area contributed by atoms with Gasteiger partial charge in [0.15, 0.2) is 5.88 Å². The SMILES string of the molecule is COc1cc(C(=O)N2[C@H]3CC[C@@H]2[C@H](N)C3)cc2nc(-c3cc4ccc([C@@H](C)NC(=O)C5(OC)CCC5)nc4n3CC3CC3)c(C)n12. The molecule has 46 heavy (non-hydrogen) atoms. The fraction of sp³-hybridized carbons (Fsp3) is 0.543. The van der Waals surface area contributed by atoms with E-state index in [1.807, 2.05) is 41.3 Å². The van der Waals surface area contributed by atoms with Crippen molar-refractivity contribution in [2.75, 3.05) is 14.2 Å². The average Bonchev–Trinajstić information content (AvgIpc) is 3.35. The number of methoxy groups -OCH3 is 2. The lowest BCUT2D eigenvalue weighted by molar-refractivity contribution is -0.155. The fourth-order valence-electron chi connectivity index (χ4n) is 8.04. The Hall–Kier alpha value is -3.96. The number of carbonyl (C=O) groups excluding carboxylic acids is 2. The van der Waals surface area contributed by atoms with Crippen molar-refractivity contribution in [3.8, 4) is 17.3 Å². The van der Waals surface area contributed by atoms with Crippen LogP contribution in [-0.4, -0.2) is 73.6 Å². The molecule has 4 aliphatic rings. The smallest absolute Gasteiger partial charge is 0.254 e. The predicted octanol–water partition coefficient (Wildman–Crippen LogP) is 4.53. The van der Waals surface area contributed by atoms with Gasteiger partial charge < -0.3 is 30.0 Å². The minimum atomic E-state index is -0.717. The summed E-state index contributed by atoms with van der Waals surface area (Å²) >= 11 is 0. The lowest BCUT2D eigenvalue weighted by Gasteiger charge is -2.39. The topological polar surface area (TPSA) is 129 Å². The first-order valence-corrected chi connectivity index (χ1v) is 16.7. The van der Waals surface area contributed by atoms with Gasteiger partial charge in [-0.3, -0.25) is 14.0 Å². The molecule has 2 aliphatic carbocycles. The number of amides is 2. The highest BCUT2D eigenvalue weighted by molar-refractivity contribution is 5.97. The van der Waals surface area contributed by atoms with Gasteiger partial charge in [0, 0.05) is 48.8 Å². The number of pyridine rings is 2. The van der Waals surface area contributed by atoms with Gasteiger partial charge in [0.1, 0.15) is 22.6 Å². The second kappa shape index (κ2) is 10.8. The van der Waals surface area contributed by atoms with Gasteiger partial charge in [-0.2, -0.15) is 0 Å². The Morgan fingerprint density at radius 3 is 2.54 bits per heavy atom. The van der Waals surface area contributed by atoms with Crippen LogP contribution in [0.15, 0.2) is 30.3 Å². The molecule has 4 fully saturated rings. The molecule has 11 nitrogen and oxygen atoms in total. The van der Waals surface area contributed by atoms with Gasteiger partial charge in [0.25, 0.3) is 11.8 Å². The van der Waals surface area contributed by atoms with Crippen molar-refractivity contribution in [3.63, 3.8) is 0 Å². The molecule has 4 aromatic heterocycles. The Morgan fingerprint density at radius 1 is 1.11 bits per heavy atom. The zero-order chi connectivity index (χ0) is 31.9. The van der Waals surface area contributed by atoms with Crippen molar-refractivity contribution in [2.24, 2.45) is 11.7 Å². The van der Waals surface area contributed by atoms with E-state index < -0.39 is 5.60 Å². The first-order valence-electron chi connectivity index (χ1n) is 16.7. The summed E-state index contributed by atoms with van der Waals surface area (Å²) in [5.74, 6) is 1.09. The molecule has 242 valence electrons. The van der Waals surface area contributed by atoms with Crippen LogP contribution in [0, 0.1) is 12.8 Å². The number of nitrogens with one attached hydrogen (secondary N) is 1. The highest BCUT2D eigenvalue weighted by atomic mass is 16.5. The molecule has 8 rings (SSSR count). The summed E-state index contributed by atoms with van der Waals surface area (Å²) in [6.07, 6.45) is 7.70. The number of rotatable bonds is 9. The number of imidazole rings is 1. The van der Waals surface area contributed by atoms with E-state index in [1.54, 1.807) is 14.2 Å². The van der Waals surface area contributed by atoms with Crippen LogP contribution >= 0.6 is 0 Å². The van der Waals surface area contributed by atoms with Gasteiger partial charge in [-0.15, -0.1) is 0 Å². The van der Waals surface area contributed by atoms with Gasteiger partial charge in [-0.05, 0) is 95.4 Å². The van der Waals surface area contributed by atoms with Crippen LogP contribution < -0.4 is 15.8 Å². The molecule has 11 heteroatoms. The lowest BCUT2D eigenvalue weighted by atomic mass is 9.79. The van der Waals surface area contributed by atoms with Crippen molar-refractivity contribution in [2.45, 2.75) is 102 Å². The number of ether oxygens (including phenoxy) is 2. The summed E-state index contributed by atoms with van der Waals surface area (Å²) in [7, 11) is 3.25. The lowest BCUT2D eigenvalue weighted by Crippen LogP contribution is -2.53. The van der Waals surface area contributed by atoms with E-state index >= 15 is 0 Å². The third-order valence-electron chi connectivity index (χ3n) is 11.1. The van der Waals surface area contributed by atoms with Crippen molar-refractivity contribution >= 4 is 28.5 Å². The number of hydrogen-bond acceptors (Lipinski definition) is 7. The molecule has 0 aromatic carbocycles. The molecule has 2 saturated carbocycles. The minimum Gasteiger partial charge on any atom is -0.482 e. The van der Waals surface area contributed by atoms with E-state index in [-0.39, 0.29) is 36.0 Å². The van der Waals surface area contributed by atoms with Crippen molar-refractivity contribution in [3.05, 3.63) is 47.3 Å². The summed E-state index contributed by atoms with van der Waals surface area (Å²) in [4.78, 5) is 39.1. The van der Waals surface area contributed by atoms with E-state index in [9.17, 15) is 9.59 Å². The van der Waals surface area contributed by atoms with E-state index in [2.05, 4.69) is 22.0 Å². The van der Waals surface area contributed by atoms with Crippen molar-refractivity contribution in [1.82, 2.24) is 29.2 Å². The second-order valence-corrected chi connectivity index (χ2v) is 13.9. The van der Waals surface area contributed by atoms with Crippen molar-refractivity contribution in [1.29, 1.82) is 0 Å². The quantitative estimate of drug-likeness (QED) is 0.280. The maximum absolute atomic E-state index is 13.8. The maximum Gasteiger partial charge on any atom is 0.254 e. The molecule has 6 heterocycles. The van der Waals surface area contributed by atoms with Gasteiger partial charge >= 0.3 is 0 Å². The summed E-state index contributed by atoms with van der Waals surface area (Å²) < 4.78 is 15.7. The van der Waals surface area contributed by atoms with Crippen LogP contribution in [0.4, 0.5) is 0 Å². The molecule has 4 aromatic rings. The number of aryl methyl sites for hydroxylation is 1. The summed E-state index contributed by atoms with van der Waals surface area (Å²) in [6, 6.07) is 10.0. The standard InChI is InChI=1S/C35H43N7O4/c1-19(37-34(44)35(46-4)12-5-13-35)26-10-8-22-14-28(40(32(22)38-26)18-21-6-7-21)31-20(2)41-29(39-31)15-23(16-30(41)45-3)33(43)42-24-9-11-27(42)25(36)17-24/h8,10,14-16,19,21,24-25,27H,5-7,9,11-13,17-18,36H2,1-4H3,(H,37,44)/t19-,24+,25-,27-/m1/s1. The number of nitrogens with two attached hydrogens (primary N) is 1. The number of hydrogen-bond donors (Lipinski definition) is 2. The first kappa shape index (κ1) is 29.4. The second-order valence-electron chi connectivity index (χ2n) is 13.9. The Balaban J connectivity index is 1.17. The van der Waals surface area contributed by atoms with E-state index in [0.717, 1.165) is 78.9 Å². The Kier molecular flexibility index (Phi) is 6.91. The van der Waals surface area contributed by atoms with Gasteiger partial charge in [-0.1, -0.05) is 0 Å². The van der Waals surface area contributed by atoms with Crippen molar-refractivity contribution < 1.29 is 19.1 Å². The molecule has 0 spiro atoms. The molecule has 3 N–H and O–H groups in total. The van der Waals surface area contributed by atoms with Gasteiger partial charge in [-0.25, -0.2) is 9.97 Å². The van der Waals surface area contributed by atoms with Crippen LogP contribution in [0.5, 0.6) is 5.88 Å². The highest BCUT2D eigenvalue weighted by Crippen LogP contribution is 2.40. The predicted molar refractivity (Wildman–Crippen MR) is 174 cm³/mol.